The lowest BCUT2D eigenvalue weighted by Crippen LogP contribution is -2.34. The Balaban J connectivity index is 3.62. The van der Waals surface area contributed by atoms with Gasteiger partial charge in [-0.05, 0) is 12.8 Å². The molecule has 1 amide bonds. The van der Waals surface area contributed by atoms with Gasteiger partial charge in [0.25, 0.3) is 5.91 Å². The summed E-state index contributed by atoms with van der Waals surface area (Å²) in [5.41, 5.74) is 5.03. The SMILES string of the molecule is CCCOC(OCCC)C(N)=O. The van der Waals surface area contributed by atoms with Crippen molar-refractivity contribution in [1.29, 1.82) is 0 Å². The first-order valence-electron chi connectivity index (χ1n) is 4.24. The van der Waals surface area contributed by atoms with Crippen LogP contribution in [0.5, 0.6) is 0 Å². The Morgan fingerprint density at radius 1 is 1.25 bits per heavy atom. The lowest BCUT2D eigenvalue weighted by molar-refractivity contribution is -0.169. The van der Waals surface area contributed by atoms with Gasteiger partial charge in [0.15, 0.2) is 0 Å². The Morgan fingerprint density at radius 2 is 1.67 bits per heavy atom. The van der Waals surface area contributed by atoms with Crippen LogP contribution in [0.15, 0.2) is 0 Å². The van der Waals surface area contributed by atoms with Gasteiger partial charge in [0, 0.05) is 0 Å². The van der Waals surface area contributed by atoms with E-state index in [2.05, 4.69) is 0 Å². The molecule has 0 bridgehead atoms. The summed E-state index contributed by atoms with van der Waals surface area (Å²) in [5.74, 6) is -0.558. The van der Waals surface area contributed by atoms with Crippen molar-refractivity contribution in [2.75, 3.05) is 13.2 Å². The van der Waals surface area contributed by atoms with Crippen LogP contribution in [0.25, 0.3) is 0 Å². The van der Waals surface area contributed by atoms with E-state index in [4.69, 9.17) is 15.2 Å². The molecule has 2 N–H and O–H groups in total. The third kappa shape index (κ3) is 5.09. The molecule has 4 heteroatoms. The molecule has 0 fully saturated rings. The average Bonchev–Trinajstić information content (AvgIpc) is 2.04. The maximum Gasteiger partial charge on any atom is 0.274 e. The molecule has 0 aromatic carbocycles. The van der Waals surface area contributed by atoms with E-state index in [1.807, 2.05) is 13.8 Å². The van der Waals surface area contributed by atoms with Gasteiger partial charge in [-0.15, -0.1) is 0 Å². The molecule has 12 heavy (non-hydrogen) atoms. The van der Waals surface area contributed by atoms with Crippen LogP contribution in [0.4, 0.5) is 0 Å². The number of primary amides is 1. The summed E-state index contributed by atoms with van der Waals surface area (Å²) >= 11 is 0. The van der Waals surface area contributed by atoms with Crippen LogP contribution >= 0.6 is 0 Å². The molecule has 0 aliphatic carbocycles. The van der Waals surface area contributed by atoms with Crippen LogP contribution in [-0.4, -0.2) is 25.4 Å². The largest absolute Gasteiger partial charge is 0.365 e. The molecular formula is C8H17NO3. The fourth-order valence-electron chi connectivity index (χ4n) is 0.662. The highest BCUT2D eigenvalue weighted by molar-refractivity contribution is 5.77. The summed E-state index contributed by atoms with van der Waals surface area (Å²) < 4.78 is 10.1. The van der Waals surface area contributed by atoms with Crippen LogP contribution in [0.3, 0.4) is 0 Å². The first-order valence-corrected chi connectivity index (χ1v) is 4.24. The van der Waals surface area contributed by atoms with E-state index < -0.39 is 12.2 Å². The van der Waals surface area contributed by atoms with Gasteiger partial charge in [-0.3, -0.25) is 4.79 Å². The fourth-order valence-corrected chi connectivity index (χ4v) is 0.662. The monoisotopic (exact) mass is 175 g/mol. The Kier molecular flexibility index (Phi) is 6.70. The second-order valence-corrected chi connectivity index (χ2v) is 2.48. The molecule has 0 radical (unpaired) electrons. The van der Waals surface area contributed by atoms with Crippen LogP contribution in [0.2, 0.25) is 0 Å². The third-order valence-electron chi connectivity index (χ3n) is 1.18. The lowest BCUT2D eigenvalue weighted by Gasteiger charge is -2.13. The van der Waals surface area contributed by atoms with E-state index >= 15 is 0 Å². The number of hydrogen-bond donors (Lipinski definition) is 1. The number of hydrogen-bond acceptors (Lipinski definition) is 3. The number of ether oxygens (including phenoxy) is 2. The molecule has 0 aliphatic rings. The smallest absolute Gasteiger partial charge is 0.274 e. The Bertz CT molecular complexity index is 119. The third-order valence-corrected chi connectivity index (χ3v) is 1.18. The Hall–Kier alpha value is -0.610. The molecule has 0 aliphatic heterocycles. The second kappa shape index (κ2) is 7.06. The minimum atomic E-state index is -0.870. The van der Waals surface area contributed by atoms with Gasteiger partial charge in [0.2, 0.25) is 6.29 Å². The van der Waals surface area contributed by atoms with Crippen molar-refractivity contribution in [2.24, 2.45) is 5.73 Å². The Morgan fingerprint density at radius 3 is 1.92 bits per heavy atom. The second-order valence-electron chi connectivity index (χ2n) is 2.48. The van der Waals surface area contributed by atoms with Crippen molar-refractivity contribution >= 4 is 5.91 Å². The molecule has 0 saturated carbocycles. The molecule has 0 unspecified atom stereocenters. The van der Waals surface area contributed by atoms with Gasteiger partial charge in [-0.25, -0.2) is 0 Å². The lowest BCUT2D eigenvalue weighted by atomic mass is 10.5. The normalized spacial score (nSPS) is 10.6. The van der Waals surface area contributed by atoms with Crippen molar-refractivity contribution in [3.63, 3.8) is 0 Å². The van der Waals surface area contributed by atoms with E-state index in [9.17, 15) is 4.79 Å². The highest BCUT2D eigenvalue weighted by Crippen LogP contribution is 1.96. The van der Waals surface area contributed by atoms with E-state index in [1.54, 1.807) is 0 Å². The predicted octanol–water partition coefficient (Wildman–Crippen LogP) is 0.651. The summed E-state index contributed by atoms with van der Waals surface area (Å²) in [6.45, 7) is 4.91. The van der Waals surface area contributed by atoms with Crippen molar-refractivity contribution in [1.82, 2.24) is 0 Å². The minimum Gasteiger partial charge on any atom is -0.365 e. The molecule has 0 aromatic heterocycles. The summed E-state index contributed by atoms with van der Waals surface area (Å²) in [6, 6.07) is 0. The molecule has 0 heterocycles. The highest BCUT2D eigenvalue weighted by atomic mass is 16.7. The number of rotatable bonds is 7. The molecule has 72 valence electrons. The maximum absolute atomic E-state index is 10.7. The average molecular weight is 175 g/mol. The van der Waals surface area contributed by atoms with Gasteiger partial charge >= 0.3 is 0 Å². The summed E-state index contributed by atoms with van der Waals surface area (Å²) in [4.78, 5) is 10.7. The highest BCUT2D eigenvalue weighted by Gasteiger charge is 2.14. The van der Waals surface area contributed by atoms with Gasteiger partial charge in [0.05, 0.1) is 13.2 Å². The van der Waals surface area contributed by atoms with E-state index in [-0.39, 0.29) is 0 Å². The van der Waals surface area contributed by atoms with Gasteiger partial charge in [-0.1, -0.05) is 13.8 Å². The number of carbonyl (C=O) groups excluding carboxylic acids is 1. The van der Waals surface area contributed by atoms with Crippen molar-refractivity contribution in [2.45, 2.75) is 33.0 Å². The maximum atomic E-state index is 10.7. The molecule has 0 rings (SSSR count). The molecule has 0 saturated heterocycles. The van der Waals surface area contributed by atoms with Crippen molar-refractivity contribution in [3.05, 3.63) is 0 Å². The molecule has 0 spiro atoms. The first kappa shape index (κ1) is 11.4. The molecule has 0 atom stereocenters. The summed E-state index contributed by atoms with van der Waals surface area (Å²) in [5, 5.41) is 0. The summed E-state index contributed by atoms with van der Waals surface area (Å²) in [7, 11) is 0. The van der Waals surface area contributed by atoms with Crippen LogP contribution < -0.4 is 5.73 Å². The van der Waals surface area contributed by atoms with Gasteiger partial charge in [0.1, 0.15) is 0 Å². The summed E-state index contributed by atoms with van der Waals surface area (Å²) in [6.07, 6.45) is 0.823. The fraction of sp³-hybridized carbons (Fsp3) is 0.875. The van der Waals surface area contributed by atoms with Crippen LogP contribution in [0.1, 0.15) is 26.7 Å². The number of amides is 1. The van der Waals surface area contributed by atoms with Crippen LogP contribution in [0, 0.1) is 0 Å². The topological polar surface area (TPSA) is 61.6 Å². The van der Waals surface area contributed by atoms with E-state index in [1.165, 1.54) is 0 Å². The molecule has 0 aromatic rings. The molecule has 4 nitrogen and oxygen atoms in total. The zero-order chi connectivity index (χ0) is 9.40. The first-order chi connectivity index (χ1) is 5.72. The number of carbonyl (C=O) groups is 1. The minimum absolute atomic E-state index is 0.497. The van der Waals surface area contributed by atoms with E-state index in [0.29, 0.717) is 13.2 Å². The van der Waals surface area contributed by atoms with E-state index in [0.717, 1.165) is 12.8 Å². The van der Waals surface area contributed by atoms with Crippen molar-refractivity contribution < 1.29 is 14.3 Å². The zero-order valence-corrected chi connectivity index (χ0v) is 7.71. The Labute approximate surface area is 73.0 Å². The number of nitrogens with two attached hydrogens (primary N) is 1. The quantitative estimate of drug-likeness (QED) is 0.578. The zero-order valence-electron chi connectivity index (χ0n) is 7.71. The standard InChI is InChI=1S/C8H17NO3/c1-3-5-11-8(7(9)10)12-6-4-2/h8H,3-6H2,1-2H3,(H2,9,10). The predicted molar refractivity (Wildman–Crippen MR) is 45.5 cm³/mol. The van der Waals surface area contributed by atoms with Gasteiger partial charge in [-0.2, -0.15) is 0 Å². The molecular weight excluding hydrogens is 158 g/mol. The van der Waals surface area contributed by atoms with Crippen LogP contribution in [-0.2, 0) is 14.3 Å². The van der Waals surface area contributed by atoms with Crippen molar-refractivity contribution in [3.8, 4) is 0 Å². The van der Waals surface area contributed by atoms with Gasteiger partial charge < -0.3 is 15.2 Å².